The molecule has 0 radical (unpaired) electrons. The van der Waals surface area contributed by atoms with Crippen LogP contribution in [-0.2, 0) is 22.5 Å². The second-order valence-electron chi connectivity index (χ2n) is 6.29. The lowest BCUT2D eigenvalue weighted by atomic mass is 10.1. The van der Waals surface area contributed by atoms with Crippen LogP contribution >= 0.6 is 11.3 Å². The number of Topliss-reactive ketones (excluding diaryl/α,β-unsaturated/α-hetero) is 1. The Morgan fingerprint density at radius 1 is 1.39 bits per heavy atom. The number of allylic oxidation sites excluding steroid dienone is 1. The third-order valence-electron chi connectivity index (χ3n) is 4.34. The molecule has 3 rings (SSSR count). The molecule has 7 nitrogen and oxygen atoms in total. The Bertz CT molecular complexity index is 985. The fourth-order valence-electron chi connectivity index (χ4n) is 2.86. The molecule has 0 aliphatic heterocycles. The minimum atomic E-state index is -0.483. The number of thiophene rings is 1. The molecule has 146 valence electrons. The molecule has 0 bridgehead atoms. The van der Waals surface area contributed by atoms with Crippen LogP contribution in [0.15, 0.2) is 40.1 Å². The molecule has 0 aromatic carbocycles. The average Bonchev–Trinajstić information content (AvgIpc) is 3.41. The quantitative estimate of drug-likeness (QED) is 0.309. The zero-order chi connectivity index (χ0) is 20.1. The topological polar surface area (TPSA) is 87.2 Å². The molecule has 0 aliphatic rings. The lowest BCUT2D eigenvalue weighted by Crippen LogP contribution is -2.15. The first-order valence-corrected chi connectivity index (χ1v) is 9.75. The van der Waals surface area contributed by atoms with Crippen LogP contribution < -0.4 is 0 Å². The van der Waals surface area contributed by atoms with Crippen LogP contribution in [0.5, 0.6) is 0 Å². The molecular formula is C20H21N3O4S. The molecule has 0 spiro atoms. The normalized spacial score (nSPS) is 10.8. The van der Waals surface area contributed by atoms with Crippen molar-refractivity contribution in [2.45, 2.75) is 33.2 Å². The number of rotatable bonds is 9. The summed E-state index contributed by atoms with van der Waals surface area (Å²) >= 11 is 1.54. The van der Waals surface area contributed by atoms with Crippen LogP contribution in [0.2, 0.25) is 0 Å². The number of aromatic nitrogens is 3. The van der Waals surface area contributed by atoms with Crippen molar-refractivity contribution in [1.29, 1.82) is 0 Å². The van der Waals surface area contributed by atoms with Crippen molar-refractivity contribution >= 4 is 23.1 Å². The van der Waals surface area contributed by atoms with E-state index in [1.54, 1.807) is 23.5 Å². The first kappa shape index (κ1) is 19.8. The van der Waals surface area contributed by atoms with Gasteiger partial charge < -0.3 is 13.8 Å². The van der Waals surface area contributed by atoms with Gasteiger partial charge in [-0.25, -0.2) is 0 Å². The highest BCUT2D eigenvalue weighted by Crippen LogP contribution is 2.19. The van der Waals surface area contributed by atoms with Gasteiger partial charge >= 0.3 is 5.97 Å². The van der Waals surface area contributed by atoms with E-state index in [-0.39, 0.29) is 25.2 Å². The van der Waals surface area contributed by atoms with Gasteiger partial charge in [-0.1, -0.05) is 11.2 Å². The number of nitrogens with zero attached hydrogens (tertiary/aromatic N) is 3. The van der Waals surface area contributed by atoms with Gasteiger partial charge in [-0.3, -0.25) is 9.59 Å². The molecule has 0 atom stereocenters. The lowest BCUT2D eigenvalue weighted by molar-refractivity contribution is -0.142. The van der Waals surface area contributed by atoms with Crippen LogP contribution in [-0.4, -0.2) is 33.1 Å². The number of hydrogen-bond acceptors (Lipinski definition) is 7. The summed E-state index contributed by atoms with van der Waals surface area (Å²) in [4.78, 5) is 28.6. The zero-order valence-electron chi connectivity index (χ0n) is 15.8. The SMILES string of the molecule is C=CCn1c(C)cc(C(=O)COC(=O)CCc2nc(-c3ccsc3)no2)c1C. The van der Waals surface area contributed by atoms with Gasteiger partial charge in [0.05, 0.1) is 6.42 Å². The Labute approximate surface area is 166 Å². The van der Waals surface area contributed by atoms with Gasteiger partial charge in [-0.2, -0.15) is 16.3 Å². The highest BCUT2D eigenvalue weighted by atomic mass is 32.1. The zero-order valence-corrected chi connectivity index (χ0v) is 16.6. The summed E-state index contributed by atoms with van der Waals surface area (Å²) in [6.45, 7) is 7.85. The molecule has 0 aliphatic carbocycles. The van der Waals surface area contributed by atoms with Crippen LogP contribution in [0, 0.1) is 13.8 Å². The highest BCUT2D eigenvalue weighted by Gasteiger charge is 2.17. The Balaban J connectivity index is 1.50. The molecule has 3 aromatic heterocycles. The van der Waals surface area contributed by atoms with E-state index in [2.05, 4.69) is 16.7 Å². The predicted molar refractivity (Wildman–Crippen MR) is 105 cm³/mol. The predicted octanol–water partition coefficient (Wildman–Crippen LogP) is 3.76. The number of carbonyl (C=O) groups excluding carboxylic acids is 2. The monoisotopic (exact) mass is 399 g/mol. The third-order valence-corrected chi connectivity index (χ3v) is 5.02. The second-order valence-corrected chi connectivity index (χ2v) is 7.07. The standard InChI is InChI=1S/C20H21N3O4S/c1-4-8-23-13(2)10-16(14(23)3)17(24)11-26-19(25)6-5-18-21-20(22-27-18)15-7-9-28-12-15/h4,7,9-10,12H,1,5-6,8,11H2,2-3H3. The maximum atomic E-state index is 12.4. The van der Waals surface area contributed by atoms with E-state index in [1.807, 2.05) is 35.2 Å². The van der Waals surface area contributed by atoms with E-state index < -0.39 is 5.97 Å². The lowest BCUT2D eigenvalue weighted by Gasteiger charge is -2.06. The van der Waals surface area contributed by atoms with Crippen molar-refractivity contribution < 1.29 is 18.8 Å². The van der Waals surface area contributed by atoms with Gasteiger partial charge in [0.2, 0.25) is 17.5 Å². The summed E-state index contributed by atoms with van der Waals surface area (Å²) in [6.07, 6.45) is 2.10. The number of esters is 1. The summed E-state index contributed by atoms with van der Waals surface area (Å²) in [5.41, 5.74) is 3.24. The maximum Gasteiger partial charge on any atom is 0.306 e. The summed E-state index contributed by atoms with van der Waals surface area (Å²) in [5, 5.41) is 7.73. The van der Waals surface area contributed by atoms with E-state index in [9.17, 15) is 9.59 Å². The molecule has 0 fully saturated rings. The first-order chi connectivity index (χ1) is 13.5. The van der Waals surface area contributed by atoms with Crippen molar-refractivity contribution in [2.75, 3.05) is 6.61 Å². The summed E-state index contributed by atoms with van der Waals surface area (Å²) in [5.74, 6) is 0.143. The van der Waals surface area contributed by atoms with E-state index in [4.69, 9.17) is 9.26 Å². The number of carbonyl (C=O) groups is 2. The molecule has 0 amide bonds. The summed E-state index contributed by atoms with van der Waals surface area (Å²) < 4.78 is 12.3. The van der Waals surface area contributed by atoms with E-state index >= 15 is 0 Å². The van der Waals surface area contributed by atoms with Gasteiger partial charge in [-0.05, 0) is 31.4 Å². The smallest absolute Gasteiger partial charge is 0.306 e. The number of ether oxygens (including phenoxy) is 1. The maximum absolute atomic E-state index is 12.4. The van der Waals surface area contributed by atoms with Gasteiger partial charge in [0, 0.05) is 40.9 Å². The Hall–Kier alpha value is -3.00. The molecule has 0 N–H and O–H groups in total. The van der Waals surface area contributed by atoms with Gasteiger partial charge in [0.15, 0.2) is 6.61 Å². The van der Waals surface area contributed by atoms with Gasteiger partial charge in [-0.15, -0.1) is 6.58 Å². The van der Waals surface area contributed by atoms with Crippen molar-refractivity contribution in [3.63, 3.8) is 0 Å². The van der Waals surface area contributed by atoms with Crippen molar-refractivity contribution in [2.24, 2.45) is 0 Å². The molecule has 3 heterocycles. The summed E-state index contributed by atoms with van der Waals surface area (Å²) in [6, 6.07) is 3.70. The van der Waals surface area contributed by atoms with Crippen molar-refractivity contribution in [3.05, 3.63) is 58.4 Å². The van der Waals surface area contributed by atoms with Crippen molar-refractivity contribution in [3.8, 4) is 11.4 Å². The van der Waals surface area contributed by atoms with E-state index in [0.29, 0.717) is 23.8 Å². The van der Waals surface area contributed by atoms with Gasteiger partial charge in [0.1, 0.15) is 0 Å². The Morgan fingerprint density at radius 2 is 2.21 bits per heavy atom. The highest BCUT2D eigenvalue weighted by molar-refractivity contribution is 7.08. The third kappa shape index (κ3) is 4.45. The molecule has 28 heavy (non-hydrogen) atoms. The molecular weight excluding hydrogens is 378 g/mol. The minimum Gasteiger partial charge on any atom is -0.457 e. The first-order valence-electron chi connectivity index (χ1n) is 8.81. The summed E-state index contributed by atoms with van der Waals surface area (Å²) in [7, 11) is 0. The van der Waals surface area contributed by atoms with Crippen LogP contribution in [0.3, 0.4) is 0 Å². The molecule has 8 heteroatoms. The van der Waals surface area contributed by atoms with Crippen LogP contribution in [0.4, 0.5) is 0 Å². The molecule has 3 aromatic rings. The minimum absolute atomic E-state index is 0.0635. The van der Waals surface area contributed by atoms with Crippen molar-refractivity contribution in [1.82, 2.24) is 14.7 Å². The number of hydrogen-bond donors (Lipinski definition) is 0. The molecule has 0 unspecified atom stereocenters. The fraction of sp³-hybridized carbons (Fsp3) is 0.300. The van der Waals surface area contributed by atoms with E-state index in [1.165, 1.54) is 0 Å². The Morgan fingerprint density at radius 3 is 2.93 bits per heavy atom. The van der Waals surface area contributed by atoms with Crippen LogP contribution in [0.25, 0.3) is 11.4 Å². The second kappa shape index (κ2) is 8.79. The number of ketones is 1. The number of aryl methyl sites for hydroxylation is 2. The molecule has 0 saturated carbocycles. The Kier molecular flexibility index (Phi) is 6.20. The largest absolute Gasteiger partial charge is 0.457 e. The average molecular weight is 399 g/mol. The van der Waals surface area contributed by atoms with E-state index in [0.717, 1.165) is 17.0 Å². The molecule has 0 saturated heterocycles. The fourth-order valence-corrected chi connectivity index (χ4v) is 3.50. The van der Waals surface area contributed by atoms with Crippen LogP contribution in [0.1, 0.15) is 34.1 Å². The van der Waals surface area contributed by atoms with Gasteiger partial charge in [0.25, 0.3) is 0 Å².